The first kappa shape index (κ1) is 14.8. The predicted octanol–water partition coefficient (Wildman–Crippen LogP) is 5.11. The molecule has 0 aliphatic rings. The number of alkyl halides is 1. The molecule has 0 fully saturated rings. The van der Waals surface area contributed by atoms with Crippen LogP contribution in [0.3, 0.4) is 0 Å². The Morgan fingerprint density at radius 2 is 1.57 bits per heavy atom. The van der Waals surface area contributed by atoms with Crippen molar-refractivity contribution >= 4 is 27.7 Å². The molecule has 86 valence electrons. The van der Waals surface area contributed by atoms with Gasteiger partial charge in [-0.25, -0.2) is 0 Å². The average Bonchev–Trinajstić information content (AvgIpc) is 2.19. The summed E-state index contributed by atoms with van der Waals surface area (Å²) in [6.07, 6.45) is 6.70. The van der Waals surface area contributed by atoms with Gasteiger partial charge >= 0.3 is 0 Å². The fourth-order valence-electron chi connectivity index (χ4n) is 1.94. The highest BCUT2D eigenvalue weighted by atomic mass is 79.9. The monoisotopic (exact) mass is 280 g/mol. The summed E-state index contributed by atoms with van der Waals surface area (Å²) in [5.41, 5.74) is 0.573. The van der Waals surface area contributed by atoms with Crippen molar-refractivity contribution in [2.45, 2.75) is 52.9 Å². The van der Waals surface area contributed by atoms with Crippen molar-refractivity contribution < 1.29 is 0 Å². The molecule has 0 N–H and O–H groups in total. The molecule has 0 aliphatic heterocycles. The predicted molar refractivity (Wildman–Crippen MR) is 73.7 cm³/mol. The van der Waals surface area contributed by atoms with Crippen LogP contribution in [-0.2, 0) is 0 Å². The molecule has 0 atom stereocenters. The van der Waals surface area contributed by atoms with Gasteiger partial charge < -0.3 is 0 Å². The maximum absolute atomic E-state index is 3.71. The zero-order valence-corrected chi connectivity index (χ0v) is 12.3. The molecular formula is C12H25BrS. The summed E-state index contributed by atoms with van der Waals surface area (Å²) in [4.78, 5) is 0. The minimum absolute atomic E-state index is 0.573. The minimum Gasteiger partial charge on any atom is -0.161 e. The van der Waals surface area contributed by atoms with Crippen molar-refractivity contribution in [3.63, 3.8) is 0 Å². The van der Waals surface area contributed by atoms with E-state index in [2.05, 4.69) is 48.5 Å². The van der Waals surface area contributed by atoms with Gasteiger partial charge in [0.05, 0.1) is 0 Å². The highest BCUT2D eigenvalue weighted by molar-refractivity contribution is 9.09. The van der Waals surface area contributed by atoms with Gasteiger partial charge in [-0.1, -0.05) is 49.5 Å². The molecule has 0 rings (SSSR count). The van der Waals surface area contributed by atoms with Crippen LogP contribution in [0.5, 0.6) is 0 Å². The lowest BCUT2D eigenvalue weighted by molar-refractivity contribution is 0.320. The van der Waals surface area contributed by atoms with Crippen molar-refractivity contribution in [3.8, 4) is 0 Å². The number of rotatable bonds is 9. The van der Waals surface area contributed by atoms with Gasteiger partial charge in [-0.15, -0.1) is 0 Å². The summed E-state index contributed by atoms with van der Waals surface area (Å²) in [5, 5.41) is 1.18. The smallest absolute Gasteiger partial charge is 0.00958 e. The molecule has 0 aromatic heterocycles. The van der Waals surface area contributed by atoms with E-state index in [4.69, 9.17) is 0 Å². The Morgan fingerprint density at radius 1 is 1.00 bits per heavy atom. The molecule has 0 saturated carbocycles. The molecule has 0 nitrogen and oxygen atoms in total. The van der Waals surface area contributed by atoms with Crippen LogP contribution in [0.15, 0.2) is 0 Å². The van der Waals surface area contributed by atoms with Gasteiger partial charge in [0.25, 0.3) is 0 Å². The van der Waals surface area contributed by atoms with E-state index in [0.717, 1.165) is 0 Å². The number of hydrogen-bond acceptors (Lipinski definition) is 1. The normalized spacial score (nSPS) is 12.0. The van der Waals surface area contributed by atoms with Crippen LogP contribution < -0.4 is 0 Å². The van der Waals surface area contributed by atoms with Gasteiger partial charge in [0.1, 0.15) is 0 Å². The van der Waals surface area contributed by atoms with Gasteiger partial charge in [0.2, 0.25) is 0 Å². The molecular weight excluding hydrogens is 256 g/mol. The first-order valence-electron chi connectivity index (χ1n) is 5.88. The first-order valence-corrected chi connectivity index (χ1v) is 8.16. The fourth-order valence-corrected chi connectivity index (χ4v) is 4.21. The summed E-state index contributed by atoms with van der Waals surface area (Å²) < 4.78 is 0. The van der Waals surface area contributed by atoms with Gasteiger partial charge in [0.15, 0.2) is 0 Å². The maximum Gasteiger partial charge on any atom is 0.00958 e. The van der Waals surface area contributed by atoms with Crippen molar-refractivity contribution in [1.29, 1.82) is 0 Å². The average molecular weight is 281 g/mol. The quantitative estimate of drug-likeness (QED) is 0.418. The van der Waals surface area contributed by atoms with Crippen molar-refractivity contribution in [2.24, 2.45) is 5.41 Å². The van der Waals surface area contributed by atoms with Crippen molar-refractivity contribution in [1.82, 2.24) is 0 Å². The topological polar surface area (TPSA) is 0 Å². The third-order valence-corrected chi connectivity index (χ3v) is 5.30. The van der Waals surface area contributed by atoms with Crippen molar-refractivity contribution in [3.05, 3.63) is 0 Å². The molecule has 0 spiro atoms. The molecule has 0 saturated heterocycles. The molecule has 0 amide bonds. The summed E-state index contributed by atoms with van der Waals surface area (Å²) in [6, 6.07) is 0. The second-order valence-corrected chi connectivity index (χ2v) is 5.85. The molecule has 0 heterocycles. The molecule has 14 heavy (non-hydrogen) atoms. The molecule has 0 aromatic rings. The van der Waals surface area contributed by atoms with E-state index in [0.29, 0.717) is 5.41 Å². The van der Waals surface area contributed by atoms with Crippen LogP contribution in [0.25, 0.3) is 0 Å². The Morgan fingerprint density at radius 3 is 1.93 bits per heavy atom. The third kappa shape index (κ3) is 5.65. The summed E-state index contributed by atoms with van der Waals surface area (Å²) in [6.45, 7) is 6.87. The van der Waals surface area contributed by atoms with E-state index in [1.54, 1.807) is 0 Å². The first-order chi connectivity index (χ1) is 6.74. The SMILES string of the molecule is CCCSCC(CBr)(CCC)CCC. The van der Waals surface area contributed by atoms with E-state index in [9.17, 15) is 0 Å². The van der Waals surface area contributed by atoms with Gasteiger partial charge in [-0.2, -0.15) is 11.8 Å². The number of hydrogen-bond donors (Lipinski definition) is 0. The van der Waals surface area contributed by atoms with E-state index < -0.39 is 0 Å². The Bertz CT molecular complexity index is 119. The largest absolute Gasteiger partial charge is 0.161 e. The molecule has 0 aromatic carbocycles. The Kier molecular flexibility index (Phi) is 9.62. The number of halogens is 1. The Labute approximate surface area is 103 Å². The Balaban J connectivity index is 4.03. The van der Waals surface area contributed by atoms with Crippen LogP contribution in [-0.4, -0.2) is 16.8 Å². The van der Waals surface area contributed by atoms with Gasteiger partial charge in [-0.3, -0.25) is 0 Å². The van der Waals surface area contributed by atoms with Crippen LogP contribution >= 0.6 is 27.7 Å². The third-order valence-electron chi connectivity index (χ3n) is 2.60. The second kappa shape index (κ2) is 9.08. The molecule has 0 unspecified atom stereocenters. The van der Waals surface area contributed by atoms with Crippen LogP contribution in [0.4, 0.5) is 0 Å². The van der Waals surface area contributed by atoms with Gasteiger partial charge in [0, 0.05) is 5.33 Å². The molecule has 2 heteroatoms. The fraction of sp³-hybridized carbons (Fsp3) is 1.00. The van der Waals surface area contributed by atoms with E-state index >= 15 is 0 Å². The summed E-state index contributed by atoms with van der Waals surface area (Å²) >= 11 is 5.85. The lowest BCUT2D eigenvalue weighted by Crippen LogP contribution is -2.25. The van der Waals surface area contributed by atoms with E-state index in [1.165, 1.54) is 48.9 Å². The highest BCUT2D eigenvalue weighted by Gasteiger charge is 2.26. The lowest BCUT2D eigenvalue weighted by Gasteiger charge is -2.31. The van der Waals surface area contributed by atoms with Crippen LogP contribution in [0.2, 0.25) is 0 Å². The second-order valence-electron chi connectivity index (χ2n) is 4.19. The van der Waals surface area contributed by atoms with Crippen molar-refractivity contribution in [2.75, 3.05) is 16.8 Å². The van der Waals surface area contributed by atoms with Crippen LogP contribution in [0.1, 0.15) is 52.9 Å². The zero-order chi connectivity index (χ0) is 10.9. The van der Waals surface area contributed by atoms with E-state index in [1.807, 2.05) is 0 Å². The molecule has 0 aliphatic carbocycles. The summed E-state index contributed by atoms with van der Waals surface area (Å²) in [7, 11) is 0. The molecule has 0 bridgehead atoms. The highest BCUT2D eigenvalue weighted by Crippen LogP contribution is 2.35. The van der Waals surface area contributed by atoms with E-state index in [-0.39, 0.29) is 0 Å². The summed E-state index contributed by atoms with van der Waals surface area (Å²) in [5.74, 6) is 2.66. The lowest BCUT2D eigenvalue weighted by atomic mass is 9.83. The maximum atomic E-state index is 3.71. The standard InChI is InChI=1S/C12H25BrS/c1-4-7-12(10-13,8-5-2)11-14-9-6-3/h4-11H2,1-3H3. The van der Waals surface area contributed by atoms with Gasteiger partial charge in [-0.05, 0) is 36.2 Å². The Hall–Kier alpha value is 0.830. The number of thioether (sulfide) groups is 1. The molecule has 0 radical (unpaired) electrons. The zero-order valence-electron chi connectivity index (χ0n) is 9.94. The minimum atomic E-state index is 0.573. The van der Waals surface area contributed by atoms with Crippen LogP contribution in [0, 0.1) is 5.41 Å².